The van der Waals surface area contributed by atoms with Crippen LogP contribution in [0.3, 0.4) is 0 Å². The molecule has 7 nitrogen and oxygen atoms in total. The molecular formula is C27H24N4O3S. The maximum absolute atomic E-state index is 13.5. The molecule has 0 saturated heterocycles. The number of hydrogen-bond acceptors (Lipinski definition) is 6. The minimum Gasteiger partial charge on any atom is -0.497 e. The van der Waals surface area contributed by atoms with Gasteiger partial charge in [0.1, 0.15) is 17.6 Å². The molecule has 3 aromatic carbocycles. The summed E-state index contributed by atoms with van der Waals surface area (Å²) in [6.07, 6.45) is 0.507. The molecule has 0 spiro atoms. The number of hydrogen-bond donors (Lipinski definition) is 1. The van der Waals surface area contributed by atoms with E-state index >= 15 is 0 Å². The molecule has 2 aliphatic rings. The molecule has 3 aromatic rings. The van der Waals surface area contributed by atoms with Gasteiger partial charge in [-0.25, -0.2) is 9.89 Å². The van der Waals surface area contributed by atoms with E-state index in [1.54, 1.807) is 43.2 Å². The van der Waals surface area contributed by atoms with Gasteiger partial charge in [0.15, 0.2) is 5.17 Å². The Balaban J connectivity index is 1.37. The van der Waals surface area contributed by atoms with Crippen LogP contribution in [0.25, 0.3) is 0 Å². The third-order valence-corrected chi connectivity index (χ3v) is 6.88. The van der Waals surface area contributed by atoms with Crippen LogP contribution in [-0.2, 0) is 16.0 Å². The number of nitrogens with zero attached hydrogens (tertiary/aromatic N) is 3. The van der Waals surface area contributed by atoms with E-state index in [9.17, 15) is 9.59 Å². The minimum atomic E-state index is -0.534. The first kappa shape index (κ1) is 22.9. The van der Waals surface area contributed by atoms with Crippen LogP contribution in [0.15, 0.2) is 88.8 Å². The topological polar surface area (TPSA) is 83.4 Å². The van der Waals surface area contributed by atoms with Crippen LogP contribution in [0.1, 0.15) is 18.1 Å². The van der Waals surface area contributed by atoms with Crippen LogP contribution in [0.5, 0.6) is 5.75 Å². The van der Waals surface area contributed by atoms with E-state index in [1.165, 1.54) is 11.8 Å². The van der Waals surface area contributed by atoms with Crippen LogP contribution < -0.4 is 10.1 Å². The van der Waals surface area contributed by atoms with E-state index in [2.05, 4.69) is 5.32 Å². The maximum atomic E-state index is 13.5. The lowest BCUT2D eigenvalue weighted by Crippen LogP contribution is -2.42. The zero-order valence-electron chi connectivity index (χ0n) is 19.3. The van der Waals surface area contributed by atoms with Gasteiger partial charge in [0, 0.05) is 17.7 Å². The smallest absolute Gasteiger partial charge is 0.259 e. The molecule has 2 amide bonds. The average Bonchev–Trinajstić information content (AvgIpc) is 3.21. The number of nitrogens with one attached hydrogen (secondary N) is 1. The fourth-order valence-electron chi connectivity index (χ4n) is 3.98. The molecule has 2 atom stereocenters. The van der Waals surface area contributed by atoms with Crippen molar-refractivity contribution in [3.8, 4) is 5.75 Å². The molecule has 0 radical (unpaired) electrons. The summed E-state index contributed by atoms with van der Waals surface area (Å²) in [5, 5.41) is 2.87. The van der Waals surface area contributed by atoms with Crippen molar-refractivity contribution in [1.29, 1.82) is 0 Å². The standard InChI is InChI=1S/C27H24N4O3S/c1-17(25(32)28-19-12-14-20(34-2)15-13-19)35-27-30-22-11-7-6-10-21(22)24-29-23(26(33)31(24)27)16-18-8-4-3-5-9-18/h3-15,17,23H,16H2,1-2H3,(H,28,32)/t17-,23-/m1/s1. The summed E-state index contributed by atoms with van der Waals surface area (Å²) in [7, 11) is 1.59. The summed E-state index contributed by atoms with van der Waals surface area (Å²) in [6, 6.07) is 24.1. The number of anilines is 1. The predicted molar refractivity (Wildman–Crippen MR) is 140 cm³/mol. The van der Waals surface area contributed by atoms with Gasteiger partial charge in [0.25, 0.3) is 5.91 Å². The van der Waals surface area contributed by atoms with Crippen molar-refractivity contribution in [1.82, 2.24) is 4.90 Å². The number of methoxy groups -OCH3 is 1. The summed E-state index contributed by atoms with van der Waals surface area (Å²) in [6.45, 7) is 1.80. The van der Waals surface area contributed by atoms with E-state index < -0.39 is 11.3 Å². The predicted octanol–water partition coefficient (Wildman–Crippen LogP) is 4.66. The van der Waals surface area contributed by atoms with Gasteiger partial charge in [-0.1, -0.05) is 54.2 Å². The van der Waals surface area contributed by atoms with Crippen LogP contribution in [-0.4, -0.2) is 46.1 Å². The molecule has 35 heavy (non-hydrogen) atoms. The molecule has 0 fully saturated rings. The molecule has 176 valence electrons. The molecule has 0 aliphatic carbocycles. The summed E-state index contributed by atoms with van der Waals surface area (Å²) >= 11 is 1.25. The Morgan fingerprint density at radius 1 is 1.06 bits per heavy atom. The SMILES string of the molecule is COc1ccc(NC(=O)[C@@H](C)SC2=Nc3ccccc3C3=N[C@H](Cc4ccccc4)C(=O)N23)cc1. The molecule has 1 N–H and O–H groups in total. The van der Waals surface area contributed by atoms with Crippen molar-refractivity contribution in [2.75, 3.05) is 12.4 Å². The highest BCUT2D eigenvalue weighted by molar-refractivity contribution is 8.15. The number of carbonyl (C=O) groups excluding carboxylic acids is 2. The number of para-hydroxylation sites is 1. The van der Waals surface area contributed by atoms with Gasteiger partial charge >= 0.3 is 0 Å². The van der Waals surface area contributed by atoms with E-state index in [0.717, 1.165) is 16.8 Å². The highest BCUT2D eigenvalue weighted by Gasteiger charge is 2.42. The van der Waals surface area contributed by atoms with E-state index in [1.807, 2.05) is 54.6 Å². The Bertz CT molecular complexity index is 1320. The summed E-state index contributed by atoms with van der Waals surface area (Å²) in [5.74, 6) is 0.983. The lowest BCUT2D eigenvalue weighted by molar-refractivity contribution is -0.124. The highest BCUT2D eigenvalue weighted by atomic mass is 32.2. The zero-order valence-corrected chi connectivity index (χ0v) is 20.2. The second-order valence-electron chi connectivity index (χ2n) is 8.22. The van der Waals surface area contributed by atoms with Gasteiger partial charge in [-0.3, -0.25) is 14.6 Å². The van der Waals surface area contributed by atoms with Crippen LogP contribution in [0.2, 0.25) is 0 Å². The summed E-state index contributed by atoms with van der Waals surface area (Å²) in [5.41, 5.74) is 3.26. The lowest BCUT2D eigenvalue weighted by Gasteiger charge is -2.27. The first-order valence-electron chi connectivity index (χ1n) is 11.3. The molecule has 0 saturated carbocycles. The minimum absolute atomic E-state index is 0.132. The monoisotopic (exact) mass is 484 g/mol. The number of fused-ring (bicyclic) bond motifs is 3. The van der Waals surface area contributed by atoms with Gasteiger partial charge in [0.2, 0.25) is 5.91 Å². The summed E-state index contributed by atoms with van der Waals surface area (Å²) < 4.78 is 5.17. The molecule has 2 aliphatic heterocycles. The molecule has 0 bridgehead atoms. The van der Waals surface area contributed by atoms with Crippen molar-refractivity contribution in [3.63, 3.8) is 0 Å². The largest absolute Gasteiger partial charge is 0.497 e. The number of amides is 2. The van der Waals surface area contributed by atoms with E-state index in [4.69, 9.17) is 14.7 Å². The Morgan fingerprint density at radius 3 is 2.51 bits per heavy atom. The van der Waals surface area contributed by atoms with Gasteiger partial charge < -0.3 is 10.1 Å². The number of rotatable bonds is 6. The number of aliphatic imine (C=N–C) groups is 2. The van der Waals surface area contributed by atoms with Gasteiger partial charge in [0.05, 0.1) is 18.0 Å². The maximum Gasteiger partial charge on any atom is 0.259 e. The van der Waals surface area contributed by atoms with Crippen molar-refractivity contribution in [3.05, 3.63) is 90.0 Å². The Labute approximate surface area is 207 Å². The molecule has 0 aromatic heterocycles. The molecule has 2 heterocycles. The first-order chi connectivity index (χ1) is 17.0. The van der Waals surface area contributed by atoms with Crippen molar-refractivity contribution in [2.24, 2.45) is 9.98 Å². The number of ether oxygens (including phenoxy) is 1. The van der Waals surface area contributed by atoms with Crippen LogP contribution in [0.4, 0.5) is 11.4 Å². The number of thioether (sulfide) groups is 1. The normalized spacial score (nSPS) is 17.1. The van der Waals surface area contributed by atoms with Gasteiger partial charge in [-0.2, -0.15) is 0 Å². The third-order valence-electron chi connectivity index (χ3n) is 5.83. The second kappa shape index (κ2) is 9.76. The number of amidine groups is 2. The lowest BCUT2D eigenvalue weighted by atomic mass is 10.1. The Kier molecular flexibility index (Phi) is 6.37. The van der Waals surface area contributed by atoms with Gasteiger partial charge in [-0.15, -0.1) is 0 Å². The van der Waals surface area contributed by atoms with Crippen LogP contribution in [0, 0.1) is 0 Å². The van der Waals surface area contributed by atoms with E-state index in [-0.39, 0.29) is 11.8 Å². The number of benzene rings is 3. The van der Waals surface area contributed by atoms with Gasteiger partial charge in [-0.05, 0) is 48.9 Å². The Hall–Kier alpha value is -3.91. The third kappa shape index (κ3) is 4.70. The molecule has 0 unspecified atom stereocenters. The van der Waals surface area contributed by atoms with Crippen LogP contribution >= 0.6 is 11.8 Å². The summed E-state index contributed by atoms with van der Waals surface area (Å²) in [4.78, 5) is 37.5. The fourth-order valence-corrected chi connectivity index (χ4v) is 4.90. The average molecular weight is 485 g/mol. The molecular weight excluding hydrogens is 460 g/mol. The Morgan fingerprint density at radius 2 is 1.77 bits per heavy atom. The zero-order chi connectivity index (χ0) is 24.4. The molecule has 5 rings (SSSR count). The van der Waals surface area contributed by atoms with E-state index in [0.29, 0.717) is 28.9 Å². The second-order valence-corrected chi connectivity index (χ2v) is 9.53. The van der Waals surface area contributed by atoms with Crippen molar-refractivity contribution < 1.29 is 14.3 Å². The highest BCUT2D eigenvalue weighted by Crippen LogP contribution is 2.35. The molecule has 8 heteroatoms. The fraction of sp³-hybridized carbons (Fsp3) is 0.185. The van der Waals surface area contributed by atoms with Crippen molar-refractivity contribution >= 4 is 46.0 Å². The quantitative estimate of drug-likeness (QED) is 0.552. The van der Waals surface area contributed by atoms with Crippen molar-refractivity contribution in [2.45, 2.75) is 24.6 Å². The number of carbonyl (C=O) groups is 2. The first-order valence-corrected chi connectivity index (χ1v) is 12.2.